The first-order valence-corrected chi connectivity index (χ1v) is 5.81. The lowest BCUT2D eigenvalue weighted by molar-refractivity contribution is 0.194. The minimum Gasteiger partial charge on any atom is -0.381 e. The fraction of sp³-hybridized carbons (Fsp3) is 0.700. The summed E-state index contributed by atoms with van der Waals surface area (Å²) < 4.78 is 5.37. The van der Waals surface area contributed by atoms with Gasteiger partial charge in [-0.05, 0) is 20.4 Å². The van der Waals surface area contributed by atoms with Crippen LogP contribution in [0.1, 0.15) is 27.9 Å². The molecule has 4 heteroatoms. The molecule has 1 fully saturated rings. The van der Waals surface area contributed by atoms with E-state index >= 15 is 0 Å². The monoisotopic (exact) mass is 212 g/mol. The van der Waals surface area contributed by atoms with Crippen LogP contribution < -0.4 is 5.32 Å². The average Bonchev–Trinajstić information content (AvgIpc) is 2.76. The van der Waals surface area contributed by atoms with Gasteiger partial charge >= 0.3 is 0 Å². The molecular weight excluding hydrogens is 196 g/mol. The molecule has 0 saturated carbocycles. The van der Waals surface area contributed by atoms with Gasteiger partial charge in [0, 0.05) is 23.9 Å². The Morgan fingerprint density at radius 3 is 3.14 bits per heavy atom. The number of aryl methyl sites for hydroxylation is 1. The second kappa shape index (κ2) is 4.38. The van der Waals surface area contributed by atoms with Crippen LogP contribution in [0.5, 0.6) is 0 Å². The zero-order valence-corrected chi connectivity index (χ0v) is 9.49. The van der Waals surface area contributed by atoms with Gasteiger partial charge in [-0.15, -0.1) is 11.3 Å². The topological polar surface area (TPSA) is 34.1 Å². The zero-order valence-electron chi connectivity index (χ0n) is 8.67. The van der Waals surface area contributed by atoms with Crippen molar-refractivity contribution in [3.8, 4) is 0 Å². The van der Waals surface area contributed by atoms with E-state index in [1.54, 1.807) is 0 Å². The number of nitrogens with zero attached hydrogens (tertiary/aromatic N) is 1. The lowest BCUT2D eigenvalue weighted by Gasteiger charge is -2.00. The SMILES string of the molecule is CNCc1sc(C2CCOC2)nc1C. The molecule has 3 nitrogen and oxygen atoms in total. The van der Waals surface area contributed by atoms with E-state index in [0.717, 1.165) is 26.2 Å². The van der Waals surface area contributed by atoms with Gasteiger partial charge in [0.15, 0.2) is 0 Å². The molecule has 1 unspecified atom stereocenters. The van der Waals surface area contributed by atoms with Gasteiger partial charge in [-0.3, -0.25) is 0 Å². The van der Waals surface area contributed by atoms with E-state index in [2.05, 4.69) is 17.2 Å². The Bertz CT molecular complexity index is 305. The van der Waals surface area contributed by atoms with Crippen molar-refractivity contribution in [3.05, 3.63) is 15.6 Å². The normalized spacial score (nSPS) is 21.7. The first-order valence-electron chi connectivity index (χ1n) is 5.00. The maximum absolute atomic E-state index is 5.37. The van der Waals surface area contributed by atoms with Crippen molar-refractivity contribution >= 4 is 11.3 Å². The molecule has 2 rings (SSSR count). The van der Waals surface area contributed by atoms with Crippen LogP contribution >= 0.6 is 11.3 Å². The molecule has 0 aromatic carbocycles. The smallest absolute Gasteiger partial charge is 0.0986 e. The molecule has 0 spiro atoms. The largest absolute Gasteiger partial charge is 0.381 e. The van der Waals surface area contributed by atoms with Crippen molar-refractivity contribution in [2.75, 3.05) is 20.3 Å². The van der Waals surface area contributed by atoms with Crippen molar-refractivity contribution in [1.82, 2.24) is 10.3 Å². The first-order chi connectivity index (χ1) is 6.81. The first kappa shape index (κ1) is 10.1. The van der Waals surface area contributed by atoms with E-state index in [1.165, 1.54) is 15.6 Å². The van der Waals surface area contributed by atoms with E-state index in [1.807, 2.05) is 18.4 Å². The summed E-state index contributed by atoms with van der Waals surface area (Å²) in [5.74, 6) is 0.546. The molecule has 1 aliphatic rings. The van der Waals surface area contributed by atoms with Crippen LogP contribution in [0.25, 0.3) is 0 Å². The molecule has 1 aliphatic heterocycles. The highest BCUT2D eigenvalue weighted by Crippen LogP contribution is 2.30. The molecule has 0 radical (unpaired) electrons. The predicted octanol–water partition coefficient (Wildman–Crippen LogP) is 1.67. The zero-order chi connectivity index (χ0) is 9.97. The number of rotatable bonds is 3. The number of ether oxygens (including phenoxy) is 1. The average molecular weight is 212 g/mol. The number of hydrogen-bond acceptors (Lipinski definition) is 4. The molecule has 2 heterocycles. The van der Waals surface area contributed by atoms with Crippen LogP contribution in [-0.4, -0.2) is 25.2 Å². The third kappa shape index (κ3) is 1.97. The minimum absolute atomic E-state index is 0.546. The Labute approximate surface area is 88.5 Å². The highest BCUT2D eigenvalue weighted by Gasteiger charge is 2.21. The van der Waals surface area contributed by atoms with Gasteiger partial charge in [0.2, 0.25) is 0 Å². The van der Waals surface area contributed by atoms with Crippen LogP contribution in [-0.2, 0) is 11.3 Å². The standard InChI is InChI=1S/C10H16N2OS/c1-7-9(5-11-2)14-10(12-7)8-3-4-13-6-8/h8,11H,3-6H2,1-2H3. The molecule has 0 bridgehead atoms. The van der Waals surface area contributed by atoms with Gasteiger partial charge in [-0.2, -0.15) is 0 Å². The molecule has 1 aromatic rings. The van der Waals surface area contributed by atoms with Gasteiger partial charge in [-0.25, -0.2) is 4.98 Å². The van der Waals surface area contributed by atoms with E-state index in [4.69, 9.17) is 4.74 Å². The Morgan fingerprint density at radius 1 is 1.64 bits per heavy atom. The van der Waals surface area contributed by atoms with Gasteiger partial charge in [0.1, 0.15) is 0 Å². The Balaban J connectivity index is 2.14. The quantitative estimate of drug-likeness (QED) is 0.827. The van der Waals surface area contributed by atoms with Crippen molar-refractivity contribution in [2.24, 2.45) is 0 Å². The Kier molecular flexibility index (Phi) is 3.15. The van der Waals surface area contributed by atoms with Gasteiger partial charge in [-0.1, -0.05) is 0 Å². The molecule has 78 valence electrons. The summed E-state index contributed by atoms with van der Waals surface area (Å²) in [6.45, 7) is 4.76. The molecule has 1 atom stereocenters. The summed E-state index contributed by atoms with van der Waals surface area (Å²) in [7, 11) is 1.97. The molecular formula is C10H16N2OS. The lowest BCUT2D eigenvalue weighted by Crippen LogP contribution is -2.04. The molecule has 1 aromatic heterocycles. The van der Waals surface area contributed by atoms with Crippen LogP contribution in [0.4, 0.5) is 0 Å². The summed E-state index contributed by atoms with van der Waals surface area (Å²) in [6, 6.07) is 0. The highest BCUT2D eigenvalue weighted by molar-refractivity contribution is 7.11. The highest BCUT2D eigenvalue weighted by atomic mass is 32.1. The Morgan fingerprint density at radius 2 is 2.50 bits per heavy atom. The maximum atomic E-state index is 5.37. The third-order valence-electron chi connectivity index (χ3n) is 2.53. The van der Waals surface area contributed by atoms with Crippen LogP contribution in [0.3, 0.4) is 0 Å². The predicted molar refractivity (Wildman–Crippen MR) is 57.8 cm³/mol. The Hall–Kier alpha value is -0.450. The molecule has 14 heavy (non-hydrogen) atoms. The number of nitrogens with one attached hydrogen (secondary N) is 1. The van der Waals surface area contributed by atoms with E-state index in [0.29, 0.717) is 5.92 Å². The molecule has 0 amide bonds. The number of hydrogen-bond donors (Lipinski definition) is 1. The second-order valence-electron chi connectivity index (χ2n) is 3.65. The summed E-state index contributed by atoms with van der Waals surface area (Å²) in [4.78, 5) is 5.97. The molecule has 1 saturated heterocycles. The van der Waals surface area contributed by atoms with E-state index in [9.17, 15) is 0 Å². The van der Waals surface area contributed by atoms with Crippen molar-refractivity contribution in [3.63, 3.8) is 0 Å². The third-order valence-corrected chi connectivity index (χ3v) is 3.85. The van der Waals surface area contributed by atoms with Crippen LogP contribution in [0, 0.1) is 6.92 Å². The van der Waals surface area contributed by atoms with Crippen LogP contribution in [0.2, 0.25) is 0 Å². The second-order valence-corrected chi connectivity index (χ2v) is 4.77. The summed E-state index contributed by atoms with van der Waals surface area (Å²) in [5.41, 5.74) is 1.17. The van der Waals surface area contributed by atoms with Crippen LogP contribution in [0.15, 0.2) is 0 Å². The van der Waals surface area contributed by atoms with Crippen molar-refractivity contribution in [1.29, 1.82) is 0 Å². The van der Waals surface area contributed by atoms with Crippen molar-refractivity contribution < 1.29 is 4.74 Å². The molecule has 1 N–H and O–H groups in total. The maximum Gasteiger partial charge on any atom is 0.0986 e. The van der Waals surface area contributed by atoms with E-state index < -0.39 is 0 Å². The van der Waals surface area contributed by atoms with Gasteiger partial charge in [0.05, 0.1) is 17.3 Å². The lowest BCUT2D eigenvalue weighted by atomic mass is 10.1. The van der Waals surface area contributed by atoms with E-state index in [-0.39, 0.29) is 0 Å². The molecule has 0 aliphatic carbocycles. The fourth-order valence-electron chi connectivity index (χ4n) is 1.68. The summed E-state index contributed by atoms with van der Waals surface area (Å²) in [5, 5.41) is 4.42. The van der Waals surface area contributed by atoms with Crippen molar-refractivity contribution in [2.45, 2.75) is 25.8 Å². The minimum atomic E-state index is 0.546. The van der Waals surface area contributed by atoms with Gasteiger partial charge < -0.3 is 10.1 Å². The number of thiazole rings is 1. The summed E-state index contributed by atoms with van der Waals surface area (Å²) in [6.07, 6.45) is 1.13. The number of aromatic nitrogens is 1. The van der Waals surface area contributed by atoms with Gasteiger partial charge in [0.25, 0.3) is 0 Å². The fourth-order valence-corrected chi connectivity index (χ4v) is 2.88. The summed E-state index contributed by atoms with van der Waals surface area (Å²) >= 11 is 1.83.